The van der Waals surface area contributed by atoms with Crippen LogP contribution < -0.4 is 5.01 Å². The Bertz CT molecular complexity index is 517. The second kappa shape index (κ2) is 4.44. The van der Waals surface area contributed by atoms with Crippen LogP contribution in [0.1, 0.15) is 20.3 Å². The molecule has 0 saturated carbocycles. The smallest absolute Gasteiger partial charge is 0.253 e. The molecule has 0 fully saturated rings. The number of hydrogen-bond donors (Lipinski definition) is 0. The van der Waals surface area contributed by atoms with Crippen LogP contribution in [0.4, 0.5) is 18.9 Å². The SMILES string of the molecule is CC(C)C1=NN(c2cc(F)c(F)c(F)c2)C(=O)C1. The maximum atomic E-state index is 13.1. The van der Waals surface area contributed by atoms with E-state index in [1.54, 1.807) is 0 Å². The average molecular weight is 256 g/mol. The zero-order valence-corrected chi connectivity index (χ0v) is 9.88. The molecule has 0 bridgehead atoms. The molecular weight excluding hydrogens is 245 g/mol. The van der Waals surface area contributed by atoms with E-state index >= 15 is 0 Å². The molecule has 6 heteroatoms. The molecule has 1 heterocycles. The predicted molar refractivity (Wildman–Crippen MR) is 60.7 cm³/mol. The lowest BCUT2D eigenvalue weighted by atomic mass is 10.1. The number of amides is 1. The lowest BCUT2D eigenvalue weighted by Gasteiger charge is -2.12. The lowest BCUT2D eigenvalue weighted by molar-refractivity contribution is -0.116. The third-order valence-electron chi connectivity index (χ3n) is 2.68. The first-order chi connectivity index (χ1) is 8.40. The van der Waals surface area contributed by atoms with Crippen molar-refractivity contribution in [3.63, 3.8) is 0 Å². The van der Waals surface area contributed by atoms with Gasteiger partial charge >= 0.3 is 0 Å². The number of rotatable bonds is 2. The molecule has 96 valence electrons. The summed E-state index contributed by atoms with van der Waals surface area (Å²) < 4.78 is 39.0. The van der Waals surface area contributed by atoms with Gasteiger partial charge in [0.15, 0.2) is 17.5 Å². The van der Waals surface area contributed by atoms with Crippen molar-refractivity contribution in [3.8, 4) is 0 Å². The molecule has 1 aromatic carbocycles. The molecule has 0 spiro atoms. The molecule has 0 radical (unpaired) electrons. The third-order valence-corrected chi connectivity index (χ3v) is 2.68. The summed E-state index contributed by atoms with van der Waals surface area (Å²) in [6.07, 6.45) is 0.109. The first-order valence-corrected chi connectivity index (χ1v) is 5.45. The Morgan fingerprint density at radius 1 is 1.22 bits per heavy atom. The van der Waals surface area contributed by atoms with Crippen molar-refractivity contribution in [2.75, 3.05) is 5.01 Å². The summed E-state index contributed by atoms with van der Waals surface area (Å²) in [7, 11) is 0. The van der Waals surface area contributed by atoms with Gasteiger partial charge in [-0.3, -0.25) is 4.79 Å². The summed E-state index contributed by atoms with van der Waals surface area (Å²) in [5.74, 6) is -4.56. The van der Waals surface area contributed by atoms with Crippen molar-refractivity contribution in [3.05, 3.63) is 29.6 Å². The van der Waals surface area contributed by atoms with Gasteiger partial charge in [0.25, 0.3) is 5.91 Å². The van der Waals surface area contributed by atoms with E-state index in [2.05, 4.69) is 5.10 Å². The molecule has 3 nitrogen and oxygen atoms in total. The Morgan fingerprint density at radius 2 is 1.78 bits per heavy atom. The van der Waals surface area contributed by atoms with Crippen LogP contribution in [0.15, 0.2) is 17.2 Å². The van der Waals surface area contributed by atoms with Gasteiger partial charge in [-0.1, -0.05) is 13.8 Å². The maximum Gasteiger partial charge on any atom is 0.253 e. The minimum atomic E-state index is -1.56. The highest BCUT2D eigenvalue weighted by atomic mass is 19.2. The fraction of sp³-hybridized carbons (Fsp3) is 0.333. The van der Waals surface area contributed by atoms with Crippen molar-refractivity contribution in [1.82, 2.24) is 0 Å². The molecule has 1 aliphatic heterocycles. The van der Waals surface area contributed by atoms with Gasteiger partial charge in [0.1, 0.15) is 0 Å². The first-order valence-electron chi connectivity index (χ1n) is 5.45. The first kappa shape index (κ1) is 12.6. The summed E-state index contributed by atoms with van der Waals surface area (Å²) in [4.78, 5) is 11.7. The van der Waals surface area contributed by atoms with Gasteiger partial charge in [0.2, 0.25) is 0 Å². The van der Waals surface area contributed by atoms with E-state index in [1.165, 1.54) is 0 Å². The molecule has 0 unspecified atom stereocenters. The molecule has 0 atom stereocenters. The molecule has 2 rings (SSSR count). The molecule has 0 aromatic heterocycles. The van der Waals surface area contributed by atoms with Crippen LogP contribution in [-0.4, -0.2) is 11.6 Å². The van der Waals surface area contributed by atoms with Crippen molar-refractivity contribution in [2.24, 2.45) is 11.0 Å². The minimum absolute atomic E-state index is 0.0640. The van der Waals surface area contributed by atoms with Crippen LogP contribution in [0.2, 0.25) is 0 Å². The summed E-state index contributed by atoms with van der Waals surface area (Å²) >= 11 is 0. The molecular formula is C12H11F3N2O. The largest absolute Gasteiger partial charge is 0.272 e. The van der Waals surface area contributed by atoms with Crippen LogP contribution in [0, 0.1) is 23.4 Å². The quantitative estimate of drug-likeness (QED) is 0.749. The second-order valence-corrected chi connectivity index (χ2v) is 4.35. The highest BCUT2D eigenvalue weighted by Crippen LogP contribution is 2.26. The average Bonchev–Trinajstić information content (AvgIpc) is 2.68. The van der Waals surface area contributed by atoms with Crippen LogP contribution in [0.3, 0.4) is 0 Å². The number of hydrogen-bond acceptors (Lipinski definition) is 2. The van der Waals surface area contributed by atoms with E-state index in [4.69, 9.17) is 0 Å². The van der Waals surface area contributed by atoms with Gasteiger partial charge in [0.05, 0.1) is 17.8 Å². The number of carbonyl (C=O) groups is 1. The molecule has 0 aliphatic carbocycles. The number of anilines is 1. The van der Waals surface area contributed by atoms with Crippen LogP contribution >= 0.6 is 0 Å². The lowest BCUT2D eigenvalue weighted by Crippen LogP contribution is -2.20. The number of benzene rings is 1. The summed E-state index contributed by atoms with van der Waals surface area (Å²) in [5, 5.41) is 4.90. The van der Waals surface area contributed by atoms with Gasteiger partial charge in [-0.25, -0.2) is 18.2 Å². The van der Waals surface area contributed by atoms with Crippen molar-refractivity contribution >= 4 is 17.3 Å². The summed E-state index contributed by atoms with van der Waals surface area (Å²) in [5.41, 5.74) is 0.525. The Balaban J connectivity index is 2.41. The van der Waals surface area contributed by atoms with Gasteiger partial charge in [-0.05, 0) is 5.92 Å². The standard InChI is InChI=1S/C12H11F3N2O/c1-6(2)10-5-11(18)17(16-10)7-3-8(13)12(15)9(14)4-7/h3-4,6H,5H2,1-2H3. The van der Waals surface area contributed by atoms with Gasteiger partial charge in [-0.2, -0.15) is 5.10 Å². The van der Waals surface area contributed by atoms with E-state index in [-0.39, 0.29) is 23.9 Å². The Hall–Kier alpha value is -1.85. The Labute approximate surface area is 102 Å². The Morgan fingerprint density at radius 3 is 2.22 bits per heavy atom. The molecule has 0 N–H and O–H groups in total. The monoisotopic (exact) mass is 256 g/mol. The van der Waals surface area contributed by atoms with Crippen molar-refractivity contribution < 1.29 is 18.0 Å². The van der Waals surface area contributed by atoms with Crippen LogP contribution in [0.25, 0.3) is 0 Å². The number of hydrazone groups is 1. The van der Waals surface area contributed by atoms with Crippen molar-refractivity contribution in [1.29, 1.82) is 0 Å². The molecule has 1 aliphatic rings. The second-order valence-electron chi connectivity index (χ2n) is 4.35. The van der Waals surface area contributed by atoms with E-state index in [0.717, 1.165) is 17.1 Å². The van der Waals surface area contributed by atoms with Crippen LogP contribution in [0.5, 0.6) is 0 Å². The highest BCUT2D eigenvalue weighted by molar-refractivity contribution is 6.13. The number of nitrogens with zero attached hydrogens (tertiary/aromatic N) is 2. The minimum Gasteiger partial charge on any atom is -0.272 e. The summed E-state index contributed by atoms with van der Waals surface area (Å²) in [6, 6.07) is 1.51. The number of halogens is 3. The normalized spacial score (nSPS) is 15.6. The fourth-order valence-corrected chi connectivity index (χ4v) is 1.64. The van der Waals surface area contributed by atoms with Gasteiger partial charge in [0, 0.05) is 12.1 Å². The summed E-state index contributed by atoms with van der Waals surface area (Å²) in [6.45, 7) is 3.73. The van der Waals surface area contributed by atoms with Gasteiger partial charge in [-0.15, -0.1) is 0 Å². The topological polar surface area (TPSA) is 32.7 Å². The fourth-order valence-electron chi connectivity index (χ4n) is 1.64. The maximum absolute atomic E-state index is 13.1. The molecule has 18 heavy (non-hydrogen) atoms. The molecule has 1 aromatic rings. The van der Waals surface area contributed by atoms with E-state index < -0.39 is 17.5 Å². The van der Waals surface area contributed by atoms with Gasteiger partial charge < -0.3 is 0 Å². The Kier molecular flexibility index (Phi) is 3.11. The highest BCUT2D eigenvalue weighted by Gasteiger charge is 2.28. The van der Waals surface area contributed by atoms with E-state index in [1.807, 2.05) is 13.8 Å². The zero-order chi connectivity index (χ0) is 13.4. The molecule has 1 amide bonds. The third kappa shape index (κ3) is 2.10. The van der Waals surface area contributed by atoms with E-state index in [9.17, 15) is 18.0 Å². The zero-order valence-electron chi connectivity index (χ0n) is 9.88. The molecule has 0 saturated heterocycles. The predicted octanol–water partition coefficient (Wildman–Crippen LogP) is 2.85. The van der Waals surface area contributed by atoms with Crippen LogP contribution in [-0.2, 0) is 4.79 Å². The van der Waals surface area contributed by atoms with E-state index in [0.29, 0.717) is 5.71 Å². The number of carbonyl (C=O) groups excluding carboxylic acids is 1. The van der Waals surface area contributed by atoms with Crippen molar-refractivity contribution in [2.45, 2.75) is 20.3 Å².